The van der Waals surface area contributed by atoms with Gasteiger partial charge in [-0.3, -0.25) is 0 Å². The third-order valence-electron chi connectivity index (χ3n) is 3.37. The molecule has 0 saturated heterocycles. The van der Waals surface area contributed by atoms with Crippen LogP contribution in [-0.4, -0.2) is 18.7 Å². The average Bonchev–Trinajstić information content (AvgIpc) is 2.43. The van der Waals surface area contributed by atoms with Crippen LogP contribution in [0.2, 0.25) is 0 Å². The van der Waals surface area contributed by atoms with Gasteiger partial charge in [-0.15, -0.1) is 0 Å². The Morgan fingerprint density at radius 1 is 1.54 bits per heavy atom. The predicted octanol–water partition coefficient (Wildman–Crippen LogP) is 1.92. The largest absolute Gasteiger partial charge is 0.450 e. The van der Waals surface area contributed by atoms with E-state index in [0.717, 1.165) is 11.8 Å². The number of alkyl carbamates (subject to hydrolysis) is 1. The highest BCUT2D eigenvalue weighted by atomic mass is 16.5. The van der Waals surface area contributed by atoms with Crippen LogP contribution in [0, 0.1) is 11.8 Å². The van der Waals surface area contributed by atoms with E-state index in [1.807, 2.05) is 6.92 Å². The topological polar surface area (TPSA) is 38.3 Å². The zero-order chi connectivity index (χ0) is 9.26. The highest BCUT2D eigenvalue weighted by Gasteiger charge is 2.44. The molecule has 13 heavy (non-hydrogen) atoms. The maximum absolute atomic E-state index is 11.1. The summed E-state index contributed by atoms with van der Waals surface area (Å²) in [6, 6.07) is 0.409. The smallest absolute Gasteiger partial charge is 0.407 e. The predicted molar refractivity (Wildman–Crippen MR) is 49.4 cm³/mol. The quantitative estimate of drug-likeness (QED) is 0.710. The molecule has 0 heterocycles. The lowest BCUT2D eigenvalue weighted by molar-refractivity contribution is 0.105. The van der Waals surface area contributed by atoms with Gasteiger partial charge in [0.1, 0.15) is 0 Å². The van der Waals surface area contributed by atoms with Crippen molar-refractivity contribution in [2.75, 3.05) is 6.61 Å². The molecule has 0 aromatic rings. The SMILES string of the molecule is CCOC(=O)NC1C[C@H]2CCC[C@@H]12. The molecule has 3 heteroatoms. The van der Waals surface area contributed by atoms with Gasteiger partial charge in [-0.2, -0.15) is 0 Å². The maximum Gasteiger partial charge on any atom is 0.407 e. The molecule has 2 aliphatic rings. The Hall–Kier alpha value is -0.730. The Morgan fingerprint density at radius 3 is 3.08 bits per heavy atom. The molecule has 2 rings (SSSR count). The van der Waals surface area contributed by atoms with Crippen molar-refractivity contribution in [1.82, 2.24) is 5.32 Å². The maximum atomic E-state index is 11.1. The molecule has 0 aromatic heterocycles. The molecule has 3 atom stereocenters. The zero-order valence-electron chi connectivity index (χ0n) is 8.08. The van der Waals surface area contributed by atoms with Crippen LogP contribution in [0.1, 0.15) is 32.6 Å². The van der Waals surface area contributed by atoms with Gasteiger partial charge in [-0.25, -0.2) is 4.79 Å². The number of carbonyl (C=O) groups excluding carboxylic acids is 1. The van der Waals surface area contributed by atoms with Gasteiger partial charge in [0.25, 0.3) is 0 Å². The van der Waals surface area contributed by atoms with Crippen molar-refractivity contribution < 1.29 is 9.53 Å². The Balaban J connectivity index is 1.74. The molecule has 2 fully saturated rings. The second kappa shape index (κ2) is 3.56. The van der Waals surface area contributed by atoms with E-state index in [-0.39, 0.29) is 6.09 Å². The summed E-state index contributed by atoms with van der Waals surface area (Å²) >= 11 is 0. The fraction of sp³-hybridized carbons (Fsp3) is 0.900. The summed E-state index contributed by atoms with van der Waals surface area (Å²) in [6.45, 7) is 2.30. The first-order chi connectivity index (χ1) is 6.31. The van der Waals surface area contributed by atoms with Crippen LogP contribution in [-0.2, 0) is 4.74 Å². The van der Waals surface area contributed by atoms with Gasteiger partial charge in [0.2, 0.25) is 0 Å². The summed E-state index contributed by atoms with van der Waals surface area (Å²) in [5, 5.41) is 2.93. The first-order valence-electron chi connectivity index (χ1n) is 5.24. The van der Waals surface area contributed by atoms with E-state index in [2.05, 4.69) is 5.32 Å². The number of hydrogen-bond donors (Lipinski definition) is 1. The van der Waals surface area contributed by atoms with Crippen LogP contribution in [0.25, 0.3) is 0 Å². The summed E-state index contributed by atoms with van der Waals surface area (Å²) in [4.78, 5) is 11.1. The van der Waals surface area contributed by atoms with Crippen LogP contribution < -0.4 is 5.32 Å². The molecule has 1 unspecified atom stereocenters. The molecule has 0 aromatic carbocycles. The Morgan fingerprint density at radius 2 is 2.38 bits per heavy atom. The lowest BCUT2D eigenvalue weighted by atomic mass is 9.71. The lowest BCUT2D eigenvalue weighted by Crippen LogP contribution is -2.50. The fourth-order valence-corrected chi connectivity index (χ4v) is 2.68. The van der Waals surface area contributed by atoms with Gasteiger partial charge in [0.15, 0.2) is 0 Å². The summed E-state index contributed by atoms with van der Waals surface area (Å²) in [6.07, 6.45) is 4.94. The van der Waals surface area contributed by atoms with E-state index >= 15 is 0 Å². The Bertz CT molecular complexity index is 205. The molecule has 0 aliphatic heterocycles. The molecule has 1 amide bonds. The summed E-state index contributed by atoms with van der Waals surface area (Å²) < 4.78 is 4.85. The highest BCUT2D eigenvalue weighted by molar-refractivity contribution is 5.67. The number of ether oxygens (including phenoxy) is 1. The van der Waals surface area contributed by atoms with Crippen molar-refractivity contribution in [3.63, 3.8) is 0 Å². The first kappa shape index (κ1) is 8.85. The molecule has 2 aliphatic carbocycles. The second-order valence-corrected chi connectivity index (χ2v) is 4.06. The van der Waals surface area contributed by atoms with E-state index < -0.39 is 0 Å². The van der Waals surface area contributed by atoms with E-state index in [1.165, 1.54) is 25.7 Å². The van der Waals surface area contributed by atoms with E-state index in [1.54, 1.807) is 0 Å². The zero-order valence-corrected chi connectivity index (χ0v) is 8.08. The van der Waals surface area contributed by atoms with Gasteiger partial charge in [0, 0.05) is 6.04 Å². The number of fused-ring (bicyclic) bond motifs is 1. The molecule has 0 bridgehead atoms. The third kappa shape index (κ3) is 1.64. The van der Waals surface area contributed by atoms with Crippen molar-refractivity contribution in [2.24, 2.45) is 11.8 Å². The van der Waals surface area contributed by atoms with Crippen molar-refractivity contribution in [3.8, 4) is 0 Å². The Labute approximate surface area is 78.8 Å². The van der Waals surface area contributed by atoms with Gasteiger partial charge in [-0.05, 0) is 31.6 Å². The van der Waals surface area contributed by atoms with Crippen LogP contribution in [0.5, 0.6) is 0 Å². The van der Waals surface area contributed by atoms with Crippen LogP contribution in [0.4, 0.5) is 4.79 Å². The lowest BCUT2D eigenvalue weighted by Gasteiger charge is -2.40. The molecule has 0 radical (unpaired) electrons. The Kier molecular flexibility index (Phi) is 2.42. The minimum atomic E-state index is -0.238. The van der Waals surface area contributed by atoms with Gasteiger partial charge >= 0.3 is 6.09 Å². The van der Waals surface area contributed by atoms with Crippen LogP contribution >= 0.6 is 0 Å². The van der Waals surface area contributed by atoms with E-state index in [0.29, 0.717) is 12.6 Å². The van der Waals surface area contributed by atoms with Gasteiger partial charge < -0.3 is 10.1 Å². The van der Waals surface area contributed by atoms with Crippen molar-refractivity contribution in [2.45, 2.75) is 38.6 Å². The molecule has 2 saturated carbocycles. The van der Waals surface area contributed by atoms with Gasteiger partial charge in [0.05, 0.1) is 6.61 Å². The molecular weight excluding hydrogens is 166 g/mol. The van der Waals surface area contributed by atoms with Crippen molar-refractivity contribution in [3.05, 3.63) is 0 Å². The second-order valence-electron chi connectivity index (χ2n) is 4.06. The van der Waals surface area contributed by atoms with Gasteiger partial charge in [-0.1, -0.05) is 12.8 Å². The standard InChI is InChI=1S/C10H17NO2/c1-2-13-10(12)11-9-6-7-4-3-5-8(7)9/h7-9H,2-6H2,1H3,(H,11,12)/t7-,8-,9?/m1/s1. The normalized spacial score (nSPS) is 36.2. The number of amides is 1. The van der Waals surface area contributed by atoms with Crippen LogP contribution in [0.3, 0.4) is 0 Å². The highest BCUT2D eigenvalue weighted by Crippen LogP contribution is 2.46. The minimum absolute atomic E-state index is 0.238. The summed E-state index contributed by atoms with van der Waals surface area (Å²) in [5.41, 5.74) is 0. The van der Waals surface area contributed by atoms with Crippen molar-refractivity contribution in [1.29, 1.82) is 0 Å². The fourth-order valence-electron chi connectivity index (χ4n) is 2.68. The minimum Gasteiger partial charge on any atom is -0.450 e. The summed E-state index contributed by atoms with van der Waals surface area (Å²) in [7, 11) is 0. The van der Waals surface area contributed by atoms with E-state index in [4.69, 9.17) is 4.74 Å². The molecule has 74 valence electrons. The number of nitrogens with one attached hydrogen (secondary N) is 1. The average molecular weight is 183 g/mol. The van der Waals surface area contributed by atoms with Crippen molar-refractivity contribution >= 4 is 6.09 Å². The summed E-state index contributed by atoms with van der Waals surface area (Å²) in [5.74, 6) is 1.65. The number of hydrogen-bond acceptors (Lipinski definition) is 2. The number of carbonyl (C=O) groups is 1. The first-order valence-corrected chi connectivity index (χ1v) is 5.24. The molecule has 0 spiro atoms. The molecule has 1 N–H and O–H groups in total. The monoisotopic (exact) mass is 183 g/mol. The molecular formula is C10H17NO2. The third-order valence-corrected chi connectivity index (χ3v) is 3.37. The molecule has 3 nitrogen and oxygen atoms in total. The van der Waals surface area contributed by atoms with E-state index in [9.17, 15) is 4.79 Å². The number of rotatable bonds is 2. The van der Waals surface area contributed by atoms with Crippen LogP contribution in [0.15, 0.2) is 0 Å².